The molecule has 0 aliphatic carbocycles. The van der Waals surface area contributed by atoms with Crippen LogP contribution in [0.2, 0.25) is 15.2 Å². The van der Waals surface area contributed by atoms with Crippen molar-refractivity contribution < 1.29 is 0 Å². The van der Waals surface area contributed by atoms with E-state index in [-0.39, 0.29) is 0 Å². The Bertz CT molecular complexity index is 599. The number of rotatable bonds is 2. The molecule has 3 nitrogen and oxygen atoms in total. The first-order valence-electron chi connectivity index (χ1n) is 5.20. The number of nitrogens with zero attached hydrogens (tertiary/aromatic N) is 2. The highest BCUT2D eigenvalue weighted by Gasteiger charge is 2.09. The summed E-state index contributed by atoms with van der Waals surface area (Å²) in [6, 6.07) is 5.20. The van der Waals surface area contributed by atoms with E-state index < -0.39 is 0 Å². The average molecular weight is 303 g/mol. The maximum atomic E-state index is 6.09. The maximum Gasteiger partial charge on any atom is 0.138 e. The molecule has 94 valence electrons. The molecule has 0 amide bonds. The molecule has 0 aliphatic rings. The molecular formula is C12H10Cl3N3. The van der Waals surface area contributed by atoms with Crippen LogP contribution in [0.25, 0.3) is 0 Å². The molecular weight excluding hydrogens is 293 g/mol. The molecule has 1 aromatic heterocycles. The van der Waals surface area contributed by atoms with Gasteiger partial charge in [0.1, 0.15) is 16.8 Å². The fraction of sp³-hybridized carbons (Fsp3) is 0.167. The molecule has 1 aromatic carbocycles. The molecule has 2 rings (SSSR count). The first-order valence-corrected chi connectivity index (χ1v) is 6.33. The van der Waals surface area contributed by atoms with Crippen molar-refractivity contribution >= 4 is 46.3 Å². The molecule has 18 heavy (non-hydrogen) atoms. The van der Waals surface area contributed by atoms with E-state index in [0.717, 1.165) is 11.3 Å². The lowest BCUT2D eigenvalue weighted by Crippen LogP contribution is -2.01. The van der Waals surface area contributed by atoms with Crippen LogP contribution < -0.4 is 5.32 Å². The molecule has 0 saturated heterocycles. The molecule has 0 spiro atoms. The van der Waals surface area contributed by atoms with Crippen molar-refractivity contribution in [2.75, 3.05) is 5.32 Å². The Balaban J connectivity index is 2.40. The van der Waals surface area contributed by atoms with Gasteiger partial charge in [-0.1, -0.05) is 34.8 Å². The molecule has 1 heterocycles. The van der Waals surface area contributed by atoms with Gasteiger partial charge in [-0.25, -0.2) is 9.97 Å². The second-order valence-corrected chi connectivity index (χ2v) is 4.99. The number of nitrogens with one attached hydrogen (secondary N) is 1. The molecule has 0 unspecified atom stereocenters. The number of halogens is 3. The molecule has 0 bridgehead atoms. The molecule has 1 N–H and O–H groups in total. The summed E-state index contributed by atoms with van der Waals surface area (Å²) in [5, 5.41) is 4.65. The lowest BCUT2D eigenvalue weighted by molar-refractivity contribution is 1.04. The Morgan fingerprint density at radius 1 is 1.06 bits per heavy atom. The Morgan fingerprint density at radius 3 is 2.44 bits per heavy atom. The zero-order valence-corrected chi connectivity index (χ0v) is 12.0. The molecule has 2 aromatic rings. The summed E-state index contributed by atoms with van der Waals surface area (Å²) in [6.07, 6.45) is 0. The van der Waals surface area contributed by atoms with Gasteiger partial charge >= 0.3 is 0 Å². The standard InChI is InChI=1S/C12H10Cl3N3/c1-6-11(15)16-7(2)17-12(6)18-10-4-3-8(13)5-9(10)14/h3-5H,1-2H3,(H,16,17,18). The summed E-state index contributed by atoms with van der Waals surface area (Å²) in [5.41, 5.74) is 1.49. The van der Waals surface area contributed by atoms with E-state index in [9.17, 15) is 0 Å². The van der Waals surface area contributed by atoms with E-state index in [4.69, 9.17) is 34.8 Å². The van der Waals surface area contributed by atoms with Crippen LogP contribution in [0.3, 0.4) is 0 Å². The van der Waals surface area contributed by atoms with Gasteiger partial charge in [0, 0.05) is 10.6 Å². The predicted octanol–water partition coefficient (Wildman–Crippen LogP) is 4.80. The van der Waals surface area contributed by atoms with Gasteiger partial charge in [0.25, 0.3) is 0 Å². The minimum absolute atomic E-state index is 0.426. The van der Waals surface area contributed by atoms with Crippen molar-refractivity contribution in [3.8, 4) is 0 Å². The Labute approximate surface area is 120 Å². The molecule has 6 heteroatoms. The fourth-order valence-electron chi connectivity index (χ4n) is 1.43. The molecule has 0 aliphatic heterocycles. The quantitative estimate of drug-likeness (QED) is 0.810. The van der Waals surface area contributed by atoms with E-state index >= 15 is 0 Å². The van der Waals surface area contributed by atoms with Crippen LogP contribution >= 0.6 is 34.8 Å². The molecule has 0 atom stereocenters. The molecule has 0 radical (unpaired) electrons. The van der Waals surface area contributed by atoms with Crippen LogP contribution in [0.1, 0.15) is 11.4 Å². The number of aromatic nitrogens is 2. The van der Waals surface area contributed by atoms with Crippen LogP contribution in [0.4, 0.5) is 11.5 Å². The van der Waals surface area contributed by atoms with Gasteiger partial charge in [0.15, 0.2) is 0 Å². The second-order valence-electron chi connectivity index (χ2n) is 3.78. The number of hydrogen-bond donors (Lipinski definition) is 1. The number of benzene rings is 1. The van der Waals surface area contributed by atoms with Crippen LogP contribution in [0.5, 0.6) is 0 Å². The van der Waals surface area contributed by atoms with Gasteiger partial charge in [0.2, 0.25) is 0 Å². The zero-order valence-electron chi connectivity index (χ0n) is 9.76. The largest absolute Gasteiger partial charge is 0.339 e. The van der Waals surface area contributed by atoms with Crippen molar-refractivity contribution in [2.45, 2.75) is 13.8 Å². The van der Waals surface area contributed by atoms with Gasteiger partial charge in [-0.15, -0.1) is 0 Å². The summed E-state index contributed by atoms with van der Waals surface area (Å²) in [7, 11) is 0. The Hall–Kier alpha value is -1.03. The smallest absolute Gasteiger partial charge is 0.138 e. The zero-order chi connectivity index (χ0) is 13.3. The maximum absolute atomic E-state index is 6.09. The third-order valence-electron chi connectivity index (χ3n) is 2.38. The number of aryl methyl sites for hydroxylation is 1. The first-order chi connectivity index (χ1) is 8.47. The van der Waals surface area contributed by atoms with E-state index in [2.05, 4.69) is 15.3 Å². The second kappa shape index (κ2) is 5.31. The summed E-state index contributed by atoms with van der Waals surface area (Å²) in [5.74, 6) is 1.23. The first kappa shape index (κ1) is 13.4. The summed E-state index contributed by atoms with van der Waals surface area (Å²) in [4.78, 5) is 8.37. The van der Waals surface area contributed by atoms with Gasteiger partial charge in [0.05, 0.1) is 10.7 Å². The number of hydrogen-bond acceptors (Lipinski definition) is 3. The van der Waals surface area contributed by atoms with Crippen molar-refractivity contribution in [3.63, 3.8) is 0 Å². The Morgan fingerprint density at radius 2 is 1.78 bits per heavy atom. The van der Waals surface area contributed by atoms with E-state index in [1.54, 1.807) is 25.1 Å². The third kappa shape index (κ3) is 2.86. The summed E-state index contributed by atoms with van der Waals surface area (Å²) < 4.78 is 0. The molecule has 0 saturated carbocycles. The molecule has 0 fully saturated rings. The monoisotopic (exact) mass is 301 g/mol. The van der Waals surface area contributed by atoms with Crippen LogP contribution in [-0.4, -0.2) is 9.97 Å². The van der Waals surface area contributed by atoms with E-state index in [1.165, 1.54) is 0 Å². The van der Waals surface area contributed by atoms with Crippen molar-refractivity contribution in [2.24, 2.45) is 0 Å². The highest BCUT2D eigenvalue weighted by Crippen LogP contribution is 2.29. The topological polar surface area (TPSA) is 37.8 Å². The van der Waals surface area contributed by atoms with Crippen molar-refractivity contribution in [1.29, 1.82) is 0 Å². The van der Waals surface area contributed by atoms with Gasteiger partial charge in [-0.05, 0) is 32.0 Å². The van der Waals surface area contributed by atoms with Crippen molar-refractivity contribution in [1.82, 2.24) is 9.97 Å². The fourth-order valence-corrected chi connectivity index (χ4v) is 2.10. The Kier molecular flexibility index (Phi) is 3.95. The summed E-state index contributed by atoms with van der Waals surface area (Å²) in [6.45, 7) is 3.62. The number of anilines is 2. The van der Waals surface area contributed by atoms with Gasteiger partial charge in [-0.2, -0.15) is 0 Å². The highest BCUT2D eigenvalue weighted by molar-refractivity contribution is 6.36. The van der Waals surface area contributed by atoms with Crippen LogP contribution in [0.15, 0.2) is 18.2 Å². The van der Waals surface area contributed by atoms with E-state index in [0.29, 0.717) is 26.8 Å². The van der Waals surface area contributed by atoms with Gasteiger partial charge in [-0.3, -0.25) is 0 Å². The SMILES string of the molecule is Cc1nc(Cl)c(C)c(Nc2ccc(Cl)cc2Cl)n1. The summed E-state index contributed by atoms with van der Waals surface area (Å²) >= 11 is 17.9. The van der Waals surface area contributed by atoms with Gasteiger partial charge < -0.3 is 5.32 Å². The third-order valence-corrected chi connectivity index (χ3v) is 3.30. The van der Waals surface area contributed by atoms with Crippen LogP contribution in [-0.2, 0) is 0 Å². The average Bonchev–Trinajstić information content (AvgIpc) is 2.29. The lowest BCUT2D eigenvalue weighted by Gasteiger charge is -2.11. The lowest BCUT2D eigenvalue weighted by atomic mass is 10.3. The minimum atomic E-state index is 0.426. The van der Waals surface area contributed by atoms with E-state index in [1.807, 2.05) is 6.92 Å². The van der Waals surface area contributed by atoms with Crippen molar-refractivity contribution in [3.05, 3.63) is 44.8 Å². The van der Waals surface area contributed by atoms with Crippen LogP contribution in [0, 0.1) is 13.8 Å². The normalized spacial score (nSPS) is 10.5. The predicted molar refractivity (Wildman–Crippen MR) is 76.3 cm³/mol. The minimum Gasteiger partial charge on any atom is -0.339 e. The highest BCUT2D eigenvalue weighted by atomic mass is 35.5.